The zero-order chi connectivity index (χ0) is 25.3. The SMILES string of the molecule is COC(=O)C[C@H]1CN(CCSc2cccc(F)c2)CC[C@H]1CCCc1ccnc2ccc(OC)cc12. The third-order valence-corrected chi connectivity index (χ3v) is 8.14. The number of esters is 1. The summed E-state index contributed by atoms with van der Waals surface area (Å²) >= 11 is 1.68. The first-order valence-corrected chi connectivity index (χ1v) is 13.6. The minimum absolute atomic E-state index is 0.131. The summed E-state index contributed by atoms with van der Waals surface area (Å²) in [7, 11) is 3.15. The molecule has 5 nitrogen and oxygen atoms in total. The van der Waals surface area contributed by atoms with E-state index >= 15 is 0 Å². The van der Waals surface area contributed by atoms with Crippen LogP contribution in [0.4, 0.5) is 4.39 Å². The number of likely N-dealkylation sites (tertiary alicyclic amines) is 1. The van der Waals surface area contributed by atoms with Crippen molar-refractivity contribution in [1.29, 1.82) is 0 Å². The minimum Gasteiger partial charge on any atom is -0.497 e. The fraction of sp³-hybridized carbons (Fsp3) is 0.448. The molecule has 36 heavy (non-hydrogen) atoms. The first-order valence-electron chi connectivity index (χ1n) is 12.6. The topological polar surface area (TPSA) is 51.7 Å². The quantitative estimate of drug-likeness (QED) is 0.233. The lowest BCUT2D eigenvalue weighted by molar-refractivity contribution is -0.142. The molecule has 0 spiro atoms. The van der Waals surface area contributed by atoms with Gasteiger partial charge in [-0.1, -0.05) is 6.07 Å². The molecule has 0 amide bonds. The molecule has 0 radical (unpaired) electrons. The second-order valence-electron chi connectivity index (χ2n) is 9.44. The maximum absolute atomic E-state index is 13.4. The minimum atomic E-state index is -0.196. The second-order valence-corrected chi connectivity index (χ2v) is 10.6. The number of hydrogen-bond donors (Lipinski definition) is 0. The van der Waals surface area contributed by atoms with Crippen molar-refractivity contribution in [2.75, 3.05) is 39.6 Å². The molecule has 1 saturated heterocycles. The van der Waals surface area contributed by atoms with Crippen molar-refractivity contribution in [1.82, 2.24) is 9.88 Å². The number of piperidine rings is 1. The van der Waals surface area contributed by atoms with E-state index in [1.54, 1.807) is 31.0 Å². The Balaban J connectivity index is 1.32. The maximum atomic E-state index is 13.4. The van der Waals surface area contributed by atoms with Crippen LogP contribution in [0.3, 0.4) is 0 Å². The number of hydrogen-bond acceptors (Lipinski definition) is 6. The van der Waals surface area contributed by atoms with Gasteiger partial charge in [-0.15, -0.1) is 11.8 Å². The Bertz CT molecular complexity index is 1160. The Morgan fingerprint density at radius 2 is 2.06 bits per heavy atom. The summed E-state index contributed by atoms with van der Waals surface area (Å²) in [5, 5.41) is 1.15. The Morgan fingerprint density at radius 1 is 1.17 bits per heavy atom. The second kappa shape index (κ2) is 13.1. The molecule has 0 saturated carbocycles. The number of fused-ring (bicyclic) bond motifs is 1. The van der Waals surface area contributed by atoms with E-state index in [4.69, 9.17) is 9.47 Å². The monoisotopic (exact) mass is 510 g/mol. The Hall–Kier alpha value is -2.64. The van der Waals surface area contributed by atoms with Gasteiger partial charge in [0.25, 0.3) is 0 Å². The average molecular weight is 511 g/mol. The highest BCUT2D eigenvalue weighted by Crippen LogP contribution is 2.32. The van der Waals surface area contributed by atoms with E-state index in [0.29, 0.717) is 18.3 Å². The number of rotatable bonds is 11. The summed E-state index contributed by atoms with van der Waals surface area (Å²) in [6.07, 6.45) is 6.54. The molecular weight excluding hydrogens is 475 g/mol. The number of pyridine rings is 1. The van der Waals surface area contributed by atoms with Gasteiger partial charge in [0.15, 0.2) is 0 Å². The third-order valence-electron chi connectivity index (χ3n) is 7.16. The molecule has 1 aliphatic heterocycles. The summed E-state index contributed by atoms with van der Waals surface area (Å²) in [5.74, 6) is 2.21. The Labute approximate surface area is 217 Å². The highest BCUT2D eigenvalue weighted by atomic mass is 32.2. The molecule has 1 fully saturated rings. The lowest BCUT2D eigenvalue weighted by Gasteiger charge is -2.38. The largest absolute Gasteiger partial charge is 0.497 e. The van der Waals surface area contributed by atoms with Gasteiger partial charge >= 0.3 is 5.97 Å². The Kier molecular flexibility index (Phi) is 9.59. The summed E-state index contributed by atoms with van der Waals surface area (Å²) in [6, 6.07) is 14.9. The van der Waals surface area contributed by atoms with Crippen LogP contribution in [-0.2, 0) is 16.0 Å². The van der Waals surface area contributed by atoms with E-state index in [9.17, 15) is 9.18 Å². The van der Waals surface area contributed by atoms with E-state index in [1.165, 1.54) is 18.7 Å². The van der Waals surface area contributed by atoms with Crippen LogP contribution >= 0.6 is 11.8 Å². The van der Waals surface area contributed by atoms with Crippen molar-refractivity contribution in [3.63, 3.8) is 0 Å². The van der Waals surface area contributed by atoms with E-state index in [-0.39, 0.29) is 11.8 Å². The van der Waals surface area contributed by atoms with Crippen LogP contribution in [0.15, 0.2) is 59.6 Å². The normalized spacial score (nSPS) is 18.3. The van der Waals surface area contributed by atoms with Crippen molar-refractivity contribution in [2.24, 2.45) is 11.8 Å². The zero-order valence-corrected chi connectivity index (χ0v) is 21.9. The number of methoxy groups -OCH3 is 2. The number of carbonyl (C=O) groups is 1. The Morgan fingerprint density at radius 3 is 2.86 bits per heavy atom. The molecule has 0 unspecified atom stereocenters. The summed E-state index contributed by atoms with van der Waals surface area (Å²) in [4.78, 5) is 20.1. The van der Waals surface area contributed by atoms with Gasteiger partial charge < -0.3 is 14.4 Å². The highest BCUT2D eigenvalue weighted by molar-refractivity contribution is 7.99. The molecule has 0 aliphatic carbocycles. The van der Waals surface area contributed by atoms with Crippen LogP contribution < -0.4 is 4.74 Å². The van der Waals surface area contributed by atoms with Gasteiger partial charge in [-0.05, 0) is 92.1 Å². The van der Waals surface area contributed by atoms with Gasteiger partial charge in [-0.3, -0.25) is 9.78 Å². The van der Waals surface area contributed by atoms with Crippen molar-refractivity contribution in [2.45, 2.75) is 37.0 Å². The maximum Gasteiger partial charge on any atom is 0.305 e. The first-order chi connectivity index (χ1) is 17.6. The highest BCUT2D eigenvalue weighted by Gasteiger charge is 2.30. The smallest absolute Gasteiger partial charge is 0.305 e. The van der Waals surface area contributed by atoms with Gasteiger partial charge in [0, 0.05) is 41.7 Å². The number of nitrogens with zero attached hydrogens (tertiary/aromatic N) is 2. The first kappa shape index (κ1) is 26.4. The van der Waals surface area contributed by atoms with Crippen LogP contribution in [0.25, 0.3) is 10.9 Å². The van der Waals surface area contributed by atoms with E-state index in [1.807, 2.05) is 24.4 Å². The molecule has 1 aliphatic rings. The number of ether oxygens (including phenoxy) is 2. The van der Waals surface area contributed by atoms with Crippen molar-refractivity contribution in [3.8, 4) is 5.75 Å². The molecule has 2 atom stereocenters. The third kappa shape index (κ3) is 7.20. The number of aromatic nitrogens is 1. The predicted molar refractivity (Wildman–Crippen MR) is 143 cm³/mol. The molecule has 2 aromatic carbocycles. The summed E-state index contributed by atoms with van der Waals surface area (Å²) in [5.41, 5.74) is 2.27. The van der Waals surface area contributed by atoms with Gasteiger partial charge in [0.2, 0.25) is 0 Å². The predicted octanol–water partition coefficient (Wildman–Crippen LogP) is 6.00. The van der Waals surface area contributed by atoms with E-state index < -0.39 is 0 Å². The fourth-order valence-electron chi connectivity index (χ4n) is 5.20. The van der Waals surface area contributed by atoms with E-state index in [0.717, 1.165) is 72.6 Å². The molecule has 0 bridgehead atoms. The standard InChI is InChI=1S/C29H35FN2O3S/c1-34-25-9-10-28-27(19-25)22(11-13-31-28)6-3-5-21-12-14-32(20-23(21)17-29(33)35-2)15-16-36-26-8-4-7-24(30)18-26/h4,7-11,13,18-19,21,23H,3,5-6,12,14-17,20H2,1-2H3/t21-,23+/m1/s1. The molecule has 192 valence electrons. The molecule has 1 aromatic heterocycles. The number of halogens is 1. The van der Waals surface area contributed by atoms with Gasteiger partial charge in [0.05, 0.1) is 19.7 Å². The van der Waals surface area contributed by atoms with Crippen molar-refractivity contribution in [3.05, 3.63) is 66.1 Å². The number of carbonyl (C=O) groups excluding carboxylic acids is 1. The zero-order valence-electron chi connectivity index (χ0n) is 21.1. The van der Waals surface area contributed by atoms with Gasteiger partial charge in [-0.2, -0.15) is 0 Å². The van der Waals surface area contributed by atoms with Gasteiger partial charge in [-0.25, -0.2) is 4.39 Å². The molecular formula is C29H35FN2O3S. The van der Waals surface area contributed by atoms with Crippen molar-refractivity contribution >= 4 is 28.6 Å². The van der Waals surface area contributed by atoms with Crippen LogP contribution in [-0.4, -0.2) is 55.5 Å². The number of aryl methyl sites for hydroxylation is 1. The summed E-state index contributed by atoms with van der Waals surface area (Å²) < 4.78 is 23.9. The van der Waals surface area contributed by atoms with Crippen molar-refractivity contribution < 1.29 is 18.7 Å². The molecule has 3 aromatic rings. The van der Waals surface area contributed by atoms with Crippen LogP contribution in [0.5, 0.6) is 5.75 Å². The average Bonchev–Trinajstić information content (AvgIpc) is 2.89. The van der Waals surface area contributed by atoms with Gasteiger partial charge in [0.1, 0.15) is 11.6 Å². The van der Waals surface area contributed by atoms with Crippen LogP contribution in [0.2, 0.25) is 0 Å². The lowest BCUT2D eigenvalue weighted by Crippen LogP contribution is -2.42. The molecule has 2 heterocycles. The van der Waals surface area contributed by atoms with Crippen LogP contribution in [0, 0.1) is 17.7 Å². The fourth-order valence-corrected chi connectivity index (χ4v) is 6.16. The van der Waals surface area contributed by atoms with E-state index in [2.05, 4.69) is 22.0 Å². The van der Waals surface area contributed by atoms with Crippen LogP contribution in [0.1, 0.15) is 31.2 Å². The molecule has 4 rings (SSSR count). The molecule has 7 heteroatoms. The summed E-state index contributed by atoms with van der Waals surface area (Å²) in [6.45, 7) is 2.86. The number of benzene rings is 2. The number of thioether (sulfide) groups is 1. The molecule has 0 N–H and O–H groups in total. The lowest BCUT2D eigenvalue weighted by atomic mass is 9.80.